The molecule has 1 unspecified atom stereocenters. The summed E-state index contributed by atoms with van der Waals surface area (Å²) < 4.78 is 5.10. The summed E-state index contributed by atoms with van der Waals surface area (Å²) in [5.74, 6) is 0.848. The van der Waals surface area contributed by atoms with Gasteiger partial charge in [-0.1, -0.05) is 48.6 Å². The molecule has 0 amide bonds. The Labute approximate surface area is 143 Å². The number of hydrogen-bond donors (Lipinski definition) is 2. The molecule has 2 rings (SSSR count). The lowest BCUT2D eigenvalue weighted by atomic mass is 9.98. The highest BCUT2D eigenvalue weighted by Gasteiger charge is 2.08. The Morgan fingerprint density at radius 1 is 1.22 bits per heavy atom. The Kier molecular flexibility index (Phi) is 6.41. The van der Waals surface area contributed by atoms with E-state index in [-0.39, 0.29) is 11.7 Å². The molecule has 0 aliphatic rings. The monoisotopic (exact) mass is 328 g/mol. The summed E-state index contributed by atoms with van der Waals surface area (Å²) in [6, 6.07) is 15.6. The zero-order valence-corrected chi connectivity index (χ0v) is 14.1. The molecule has 2 N–H and O–H groups in total. The zero-order chi connectivity index (χ0) is 16.7. The molecule has 0 heterocycles. The van der Waals surface area contributed by atoms with E-state index in [2.05, 4.69) is 24.4 Å². The maximum Gasteiger partial charge on any atom is 0.160 e. The molecule has 4 heteroatoms. The SMILES string of the molecule is [CH2]C(CC(=S)NCc1ccc(O)c(OC)c1)Cc1ccccc1. The second-order valence-electron chi connectivity index (χ2n) is 5.54. The third kappa shape index (κ3) is 5.57. The fourth-order valence-electron chi connectivity index (χ4n) is 2.39. The average Bonchev–Trinajstić information content (AvgIpc) is 2.55. The van der Waals surface area contributed by atoms with Crippen LogP contribution in [-0.4, -0.2) is 17.2 Å². The van der Waals surface area contributed by atoms with Crippen LogP contribution in [0.15, 0.2) is 48.5 Å². The fourth-order valence-corrected chi connectivity index (χ4v) is 2.69. The number of thiocarbonyl (C=S) groups is 1. The minimum atomic E-state index is 0.138. The van der Waals surface area contributed by atoms with Crippen LogP contribution in [-0.2, 0) is 13.0 Å². The second-order valence-corrected chi connectivity index (χ2v) is 6.04. The van der Waals surface area contributed by atoms with Crippen LogP contribution in [0.25, 0.3) is 0 Å². The number of rotatable bonds is 7. The Hall–Kier alpha value is -2.07. The molecule has 0 fully saturated rings. The first kappa shape index (κ1) is 17.3. The van der Waals surface area contributed by atoms with Gasteiger partial charge in [0, 0.05) is 13.0 Å². The Morgan fingerprint density at radius 2 is 1.96 bits per heavy atom. The number of aromatic hydroxyl groups is 1. The van der Waals surface area contributed by atoms with Crippen LogP contribution in [0, 0.1) is 12.8 Å². The predicted molar refractivity (Wildman–Crippen MR) is 97.7 cm³/mol. The van der Waals surface area contributed by atoms with Crippen LogP contribution in [0.1, 0.15) is 17.5 Å². The largest absolute Gasteiger partial charge is 0.504 e. The Balaban J connectivity index is 1.80. The van der Waals surface area contributed by atoms with E-state index in [9.17, 15) is 5.11 Å². The molecule has 0 aliphatic carbocycles. The van der Waals surface area contributed by atoms with Gasteiger partial charge in [0.1, 0.15) is 0 Å². The quantitative estimate of drug-likeness (QED) is 0.756. The number of nitrogens with one attached hydrogen (secondary N) is 1. The van der Waals surface area contributed by atoms with Gasteiger partial charge >= 0.3 is 0 Å². The molecule has 0 spiro atoms. The molecule has 3 nitrogen and oxygen atoms in total. The number of phenols is 1. The molecular formula is C19H22NO2S. The highest BCUT2D eigenvalue weighted by Crippen LogP contribution is 2.26. The van der Waals surface area contributed by atoms with Gasteiger partial charge in [0.15, 0.2) is 11.5 Å². The Bertz CT molecular complexity index is 643. The van der Waals surface area contributed by atoms with E-state index >= 15 is 0 Å². The first-order chi connectivity index (χ1) is 11.1. The van der Waals surface area contributed by atoms with E-state index in [0.717, 1.165) is 23.4 Å². The predicted octanol–water partition coefficient (Wildman–Crippen LogP) is 3.90. The first-order valence-corrected chi connectivity index (χ1v) is 7.99. The third-order valence-corrected chi connectivity index (χ3v) is 3.89. The maximum atomic E-state index is 9.59. The molecule has 1 radical (unpaired) electrons. The summed E-state index contributed by atoms with van der Waals surface area (Å²) in [6.45, 7) is 4.79. The number of ether oxygens (including phenoxy) is 1. The van der Waals surface area contributed by atoms with Crippen molar-refractivity contribution in [2.75, 3.05) is 7.11 Å². The van der Waals surface area contributed by atoms with Crippen molar-refractivity contribution in [1.29, 1.82) is 0 Å². The van der Waals surface area contributed by atoms with Gasteiger partial charge < -0.3 is 15.2 Å². The molecule has 0 saturated heterocycles. The van der Waals surface area contributed by atoms with Gasteiger partial charge in [0.25, 0.3) is 0 Å². The lowest BCUT2D eigenvalue weighted by Crippen LogP contribution is -2.23. The first-order valence-electron chi connectivity index (χ1n) is 7.58. The summed E-state index contributed by atoms with van der Waals surface area (Å²) in [5.41, 5.74) is 2.28. The van der Waals surface area contributed by atoms with E-state index in [1.807, 2.05) is 24.3 Å². The van der Waals surface area contributed by atoms with Gasteiger partial charge in [-0.05, 0) is 42.5 Å². The number of hydrogen-bond acceptors (Lipinski definition) is 3. The van der Waals surface area contributed by atoms with Gasteiger partial charge in [-0.3, -0.25) is 0 Å². The van der Waals surface area contributed by atoms with Crippen molar-refractivity contribution in [2.45, 2.75) is 19.4 Å². The van der Waals surface area contributed by atoms with Crippen molar-refractivity contribution in [3.8, 4) is 11.5 Å². The van der Waals surface area contributed by atoms with E-state index in [0.29, 0.717) is 12.3 Å². The topological polar surface area (TPSA) is 41.5 Å². The minimum absolute atomic E-state index is 0.138. The van der Waals surface area contributed by atoms with Crippen molar-refractivity contribution < 1.29 is 9.84 Å². The summed E-state index contributed by atoms with van der Waals surface area (Å²) >= 11 is 5.40. The van der Waals surface area contributed by atoms with Crippen molar-refractivity contribution in [2.24, 2.45) is 5.92 Å². The van der Waals surface area contributed by atoms with Crippen molar-refractivity contribution in [1.82, 2.24) is 5.32 Å². The van der Waals surface area contributed by atoms with E-state index in [1.165, 1.54) is 12.7 Å². The van der Waals surface area contributed by atoms with Crippen molar-refractivity contribution >= 4 is 17.2 Å². The van der Waals surface area contributed by atoms with Crippen LogP contribution in [0.4, 0.5) is 0 Å². The van der Waals surface area contributed by atoms with E-state index in [4.69, 9.17) is 17.0 Å². The molecule has 2 aromatic rings. The van der Waals surface area contributed by atoms with Gasteiger partial charge in [-0.15, -0.1) is 0 Å². The van der Waals surface area contributed by atoms with E-state index < -0.39 is 0 Å². The van der Waals surface area contributed by atoms with E-state index in [1.54, 1.807) is 12.1 Å². The lowest BCUT2D eigenvalue weighted by molar-refractivity contribution is 0.373. The molecule has 23 heavy (non-hydrogen) atoms. The zero-order valence-electron chi connectivity index (χ0n) is 13.3. The smallest absolute Gasteiger partial charge is 0.160 e. The van der Waals surface area contributed by atoms with Crippen molar-refractivity contribution in [3.63, 3.8) is 0 Å². The van der Waals surface area contributed by atoms with Gasteiger partial charge in [-0.2, -0.15) is 0 Å². The van der Waals surface area contributed by atoms with Crippen LogP contribution in [0.2, 0.25) is 0 Å². The average molecular weight is 328 g/mol. The van der Waals surface area contributed by atoms with Gasteiger partial charge in [-0.25, -0.2) is 0 Å². The molecule has 1 atom stereocenters. The third-order valence-electron chi connectivity index (χ3n) is 3.58. The molecule has 121 valence electrons. The summed E-state index contributed by atoms with van der Waals surface area (Å²) in [6.07, 6.45) is 1.66. The number of benzene rings is 2. The van der Waals surface area contributed by atoms with Gasteiger partial charge in [0.05, 0.1) is 12.1 Å². The molecule has 0 aromatic heterocycles. The van der Waals surface area contributed by atoms with Crippen LogP contribution in [0.3, 0.4) is 0 Å². The summed E-state index contributed by atoms with van der Waals surface area (Å²) in [4.78, 5) is 0.799. The molecule has 0 saturated carbocycles. The second kappa shape index (κ2) is 8.53. The fraction of sp³-hybridized carbons (Fsp3) is 0.263. The molecular weight excluding hydrogens is 306 g/mol. The molecule has 0 aliphatic heterocycles. The standard InChI is InChI=1S/C19H22NO2S/c1-14(10-15-6-4-3-5-7-15)11-19(23)20-13-16-8-9-17(21)18(12-16)22-2/h3-9,12,14,21H,1,10-11,13H2,2H3,(H,20,23). The Morgan fingerprint density at radius 3 is 2.65 bits per heavy atom. The van der Waals surface area contributed by atoms with Gasteiger partial charge in [0.2, 0.25) is 0 Å². The lowest BCUT2D eigenvalue weighted by Gasteiger charge is -2.14. The highest BCUT2D eigenvalue weighted by molar-refractivity contribution is 7.80. The highest BCUT2D eigenvalue weighted by atomic mass is 32.1. The number of phenolic OH excluding ortho intramolecular Hbond substituents is 1. The molecule has 0 bridgehead atoms. The normalized spacial score (nSPS) is 11.7. The number of methoxy groups -OCH3 is 1. The van der Waals surface area contributed by atoms with Crippen LogP contribution >= 0.6 is 12.2 Å². The van der Waals surface area contributed by atoms with Crippen LogP contribution < -0.4 is 10.1 Å². The van der Waals surface area contributed by atoms with Crippen molar-refractivity contribution in [3.05, 3.63) is 66.6 Å². The summed E-state index contributed by atoms with van der Waals surface area (Å²) in [7, 11) is 1.54. The maximum absolute atomic E-state index is 9.59. The summed E-state index contributed by atoms with van der Waals surface area (Å²) in [5, 5.41) is 12.8. The minimum Gasteiger partial charge on any atom is -0.504 e. The molecule has 2 aromatic carbocycles. The van der Waals surface area contributed by atoms with Crippen LogP contribution in [0.5, 0.6) is 11.5 Å².